The molecule has 110 valence electrons. The van der Waals surface area contributed by atoms with Crippen LogP contribution in [0.4, 0.5) is 0 Å². The van der Waals surface area contributed by atoms with Gasteiger partial charge in [-0.2, -0.15) is 0 Å². The molecule has 0 aliphatic rings. The van der Waals surface area contributed by atoms with Gasteiger partial charge in [0.05, 0.1) is 0 Å². The first-order valence-corrected chi connectivity index (χ1v) is 9.27. The molecule has 0 aromatic heterocycles. The van der Waals surface area contributed by atoms with E-state index in [1.807, 2.05) is 24.3 Å². The van der Waals surface area contributed by atoms with Crippen molar-refractivity contribution in [2.75, 3.05) is 6.26 Å². The molecular formula is C19H14BrClS. The highest BCUT2D eigenvalue weighted by Crippen LogP contribution is 2.37. The van der Waals surface area contributed by atoms with Crippen molar-refractivity contribution in [1.82, 2.24) is 0 Å². The van der Waals surface area contributed by atoms with E-state index < -0.39 is 0 Å². The largest absolute Gasteiger partial charge is 0.129 e. The number of hydrogen-bond acceptors (Lipinski definition) is 1. The van der Waals surface area contributed by atoms with Crippen molar-refractivity contribution in [3.05, 3.63) is 76.2 Å². The van der Waals surface area contributed by atoms with E-state index in [1.54, 1.807) is 11.8 Å². The van der Waals surface area contributed by atoms with Gasteiger partial charge in [-0.3, -0.25) is 0 Å². The Hall–Kier alpha value is -1.22. The molecule has 0 saturated heterocycles. The van der Waals surface area contributed by atoms with E-state index in [-0.39, 0.29) is 0 Å². The average molecular weight is 390 g/mol. The maximum absolute atomic E-state index is 5.95. The molecule has 0 aliphatic heterocycles. The molecule has 0 saturated carbocycles. The molecule has 3 aromatic carbocycles. The Bertz CT molecular complexity index is 780. The van der Waals surface area contributed by atoms with Crippen molar-refractivity contribution < 1.29 is 0 Å². The van der Waals surface area contributed by atoms with Crippen molar-refractivity contribution >= 4 is 39.3 Å². The molecule has 3 heteroatoms. The number of hydrogen-bond donors (Lipinski definition) is 0. The summed E-state index contributed by atoms with van der Waals surface area (Å²) in [4.78, 5) is 1.27. The lowest BCUT2D eigenvalue weighted by molar-refractivity contribution is 1.42. The van der Waals surface area contributed by atoms with E-state index in [2.05, 4.69) is 64.7 Å². The van der Waals surface area contributed by atoms with Crippen LogP contribution >= 0.6 is 39.3 Å². The quantitative estimate of drug-likeness (QED) is 0.428. The Morgan fingerprint density at radius 3 is 1.91 bits per heavy atom. The zero-order valence-electron chi connectivity index (χ0n) is 12.0. The second-order valence-corrected chi connectivity index (χ2v) is 7.04. The van der Waals surface area contributed by atoms with Gasteiger partial charge in [-0.25, -0.2) is 0 Å². The van der Waals surface area contributed by atoms with E-state index in [1.165, 1.54) is 27.1 Å². The van der Waals surface area contributed by atoms with E-state index in [0.717, 1.165) is 9.50 Å². The molecule has 0 amide bonds. The van der Waals surface area contributed by atoms with Crippen LogP contribution in [0.15, 0.2) is 76.1 Å². The van der Waals surface area contributed by atoms with E-state index in [9.17, 15) is 0 Å². The van der Waals surface area contributed by atoms with Gasteiger partial charge < -0.3 is 0 Å². The molecule has 3 aromatic rings. The average Bonchev–Trinajstić information content (AvgIpc) is 2.55. The van der Waals surface area contributed by atoms with Gasteiger partial charge in [0.1, 0.15) is 0 Å². The number of halogens is 2. The van der Waals surface area contributed by atoms with Gasteiger partial charge in [0, 0.05) is 20.0 Å². The summed E-state index contributed by atoms with van der Waals surface area (Å²) in [5.41, 5.74) is 4.83. The van der Waals surface area contributed by atoms with Crippen molar-refractivity contribution in [1.29, 1.82) is 0 Å². The lowest BCUT2D eigenvalue weighted by atomic mass is 10.0. The number of benzene rings is 3. The lowest BCUT2D eigenvalue weighted by Crippen LogP contribution is -1.85. The normalized spacial score (nSPS) is 10.7. The summed E-state index contributed by atoms with van der Waals surface area (Å²) in [6.07, 6.45) is 2.10. The minimum atomic E-state index is 0.762. The Morgan fingerprint density at radius 2 is 1.32 bits per heavy atom. The molecule has 0 spiro atoms. The molecule has 0 nitrogen and oxygen atoms in total. The van der Waals surface area contributed by atoms with Crippen molar-refractivity contribution in [2.24, 2.45) is 0 Å². The predicted octanol–water partition coefficient (Wildman–Crippen LogP) is 7.16. The van der Waals surface area contributed by atoms with Gasteiger partial charge in [0.15, 0.2) is 0 Å². The fraction of sp³-hybridized carbons (Fsp3) is 0.0526. The van der Waals surface area contributed by atoms with E-state index >= 15 is 0 Å². The van der Waals surface area contributed by atoms with Gasteiger partial charge in [-0.05, 0) is 47.2 Å². The van der Waals surface area contributed by atoms with E-state index in [4.69, 9.17) is 11.6 Å². The zero-order chi connectivity index (χ0) is 15.5. The first-order chi connectivity index (χ1) is 10.7. The van der Waals surface area contributed by atoms with Gasteiger partial charge in [0.2, 0.25) is 0 Å². The van der Waals surface area contributed by atoms with Crippen molar-refractivity contribution in [3.8, 4) is 22.3 Å². The third-order valence-corrected chi connectivity index (χ3v) is 5.24. The molecule has 22 heavy (non-hydrogen) atoms. The molecule has 0 aliphatic carbocycles. The van der Waals surface area contributed by atoms with Gasteiger partial charge in [-0.1, -0.05) is 70.0 Å². The van der Waals surface area contributed by atoms with Crippen LogP contribution in [0.1, 0.15) is 0 Å². The maximum atomic E-state index is 5.95. The Kier molecular flexibility index (Phi) is 4.92. The van der Waals surface area contributed by atoms with Crippen LogP contribution < -0.4 is 0 Å². The topological polar surface area (TPSA) is 0 Å². The van der Waals surface area contributed by atoms with Crippen LogP contribution in [0, 0.1) is 0 Å². The summed E-state index contributed by atoms with van der Waals surface area (Å²) in [7, 11) is 0. The molecule has 0 atom stereocenters. The minimum absolute atomic E-state index is 0.762. The molecule has 0 bridgehead atoms. The van der Waals surface area contributed by atoms with Crippen LogP contribution in [-0.4, -0.2) is 6.26 Å². The second kappa shape index (κ2) is 6.91. The second-order valence-electron chi connectivity index (χ2n) is 4.90. The summed E-state index contributed by atoms with van der Waals surface area (Å²) in [5.74, 6) is 0. The molecular weight excluding hydrogens is 376 g/mol. The SMILES string of the molecule is CSc1cccc(Br)c1-c1ccc(-c2ccc(Cl)cc2)cc1. The summed E-state index contributed by atoms with van der Waals surface area (Å²) < 4.78 is 1.12. The third kappa shape index (κ3) is 3.24. The van der Waals surface area contributed by atoms with Crippen LogP contribution in [-0.2, 0) is 0 Å². The molecule has 0 fully saturated rings. The minimum Gasteiger partial charge on any atom is -0.129 e. The standard InChI is InChI=1S/C19H14BrClS/c1-22-18-4-2-3-17(20)19(18)15-7-5-13(6-8-15)14-9-11-16(21)12-10-14/h2-12H,1H3. The third-order valence-electron chi connectivity index (χ3n) is 3.55. The zero-order valence-corrected chi connectivity index (χ0v) is 15.2. The van der Waals surface area contributed by atoms with Crippen LogP contribution in [0.2, 0.25) is 5.02 Å². The Labute approximate surface area is 148 Å². The first-order valence-electron chi connectivity index (χ1n) is 6.88. The molecule has 0 radical (unpaired) electrons. The highest BCUT2D eigenvalue weighted by Gasteiger charge is 2.09. The van der Waals surface area contributed by atoms with Crippen molar-refractivity contribution in [2.45, 2.75) is 4.90 Å². The number of rotatable bonds is 3. The lowest BCUT2D eigenvalue weighted by Gasteiger charge is -2.11. The summed E-state index contributed by atoms with van der Waals surface area (Å²) >= 11 is 11.4. The van der Waals surface area contributed by atoms with Crippen LogP contribution in [0.5, 0.6) is 0 Å². The number of thioether (sulfide) groups is 1. The highest BCUT2D eigenvalue weighted by atomic mass is 79.9. The molecule has 0 heterocycles. The Morgan fingerprint density at radius 1 is 0.773 bits per heavy atom. The van der Waals surface area contributed by atoms with Crippen LogP contribution in [0.25, 0.3) is 22.3 Å². The van der Waals surface area contributed by atoms with Gasteiger partial charge in [-0.15, -0.1) is 11.8 Å². The van der Waals surface area contributed by atoms with Crippen LogP contribution in [0.3, 0.4) is 0 Å². The smallest absolute Gasteiger partial charge is 0.0406 e. The highest BCUT2D eigenvalue weighted by molar-refractivity contribution is 9.10. The summed E-state index contributed by atoms with van der Waals surface area (Å²) in [6.45, 7) is 0. The summed E-state index contributed by atoms with van der Waals surface area (Å²) in [5, 5.41) is 0.762. The van der Waals surface area contributed by atoms with Crippen molar-refractivity contribution in [3.63, 3.8) is 0 Å². The fourth-order valence-electron chi connectivity index (χ4n) is 2.43. The predicted molar refractivity (Wildman–Crippen MR) is 102 cm³/mol. The monoisotopic (exact) mass is 388 g/mol. The fourth-order valence-corrected chi connectivity index (χ4v) is 3.93. The first kappa shape index (κ1) is 15.7. The summed E-state index contributed by atoms with van der Waals surface area (Å²) in [6, 6.07) is 22.9. The maximum Gasteiger partial charge on any atom is 0.0406 e. The van der Waals surface area contributed by atoms with E-state index in [0.29, 0.717) is 0 Å². The molecule has 3 rings (SSSR count). The molecule has 0 N–H and O–H groups in total. The van der Waals surface area contributed by atoms with Gasteiger partial charge in [0.25, 0.3) is 0 Å². The Balaban J connectivity index is 2.00. The van der Waals surface area contributed by atoms with Gasteiger partial charge >= 0.3 is 0 Å². The molecule has 0 unspecified atom stereocenters.